The van der Waals surface area contributed by atoms with Crippen molar-refractivity contribution in [3.63, 3.8) is 0 Å². The Morgan fingerprint density at radius 1 is 1.30 bits per heavy atom. The van der Waals surface area contributed by atoms with E-state index < -0.39 is 0 Å². The summed E-state index contributed by atoms with van der Waals surface area (Å²) in [4.78, 5) is 2.80. The molecular formula is C16H25N3S. The zero-order valence-corrected chi connectivity index (χ0v) is 13.8. The summed E-state index contributed by atoms with van der Waals surface area (Å²) in [6.45, 7) is 10.6. The number of nitrogens with one attached hydrogen (secondary N) is 1. The number of hydrogen-bond acceptors (Lipinski definition) is 3. The Labute approximate surface area is 126 Å². The lowest BCUT2D eigenvalue weighted by molar-refractivity contribution is 0.522. The molecule has 1 atom stereocenters. The van der Waals surface area contributed by atoms with E-state index in [0.717, 1.165) is 25.9 Å². The summed E-state index contributed by atoms with van der Waals surface area (Å²) in [6, 6.07) is 7.11. The summed E-state index contributed by atoms with van der Waals surface area (Å²) >= 11 is 1.89. The summed E-state index contributed by atoms with van der Waals surface area (Å²) in [7, 11) is 0. The summed E-state index contributed by atoms with van der Waals surface area (Å²) in [5.41, 5.74) is 2.53. The lowest BCUT2D eigenvalue weighted by Gasteiger charge is -2.17. The Kier molecular flexibility index (Phi) is 5.38. The van der Waals surface area contributed by atoms with E-state index in [1.54, 1.807) is 0 Å². The molecule has 1 N–H and O–H groups in total. The van der Waals surface area contributed by atoms with Gasteiger partial charge in [-0.1, -0.05) is 13.8 Å². The van der Waals surface area contributed by atoms with Crippen LogP contribution in [-0.4, -0.2) is 16.3 Å². The van der Waals surface area contributed by atoms with Crippen LogP contribution in [0.2, 0.25) is 0 Å². The average Bonchev–Trinajstić information content (AvgIpc) is 3.04. The van der Waals surface area contributed by atoms with Gasteiger partial charge in [-0.2, -0.15) is 5.10 Å². The zero-order chi connectivity index (χ0) is 14.5. The minimum atomic E-state index is 0.394. The van der Waals surface area contributed by atoms with Gasteiger partial charge in [0.25, 0.3) is 0 Å². The van der Waals surface area contributed by atoms with Gasteiger partial charge in [-0.15, -0.1) is 11.3 Å². The van der Waals surface area contributed by atoms with Gasteiger partial charge in [-0.05, 0) is 45.0 Å². The smallest absolute Gasteiger partial charge is 0.0624 e. The van der Waals surface area contributed by atoms with Crippen molar-refractivity contribution in [2.45, 2.75) is 53.1 Å². The van der Waals surface area contributed by atoms with Gasteiger partial charge >= 0.3 is 0 Å². The molecule has 0 aliphatic rings. The third-order valence-corrected chi connectivity index (χ3v) is 4.66. The van der Waals surface area contributed by atoms with Crippen molar-refractivity contribution >= 4 is 11.3 Å². The van der Waals surface area contributed by atoms with Crippen molar-refractivity contribution < 1.29 is 0 Å². The van der Waals surface area contributed by atoms with E-state index in [9.17, 15) is 0 Å². The van der Waals surface area contributed by atoms with Gasteiger partial charge in [0, 0.05) is 34.5 Å². The molecule has 0 saturated heterocycles. The second-order valence-corrected chi connectivity index (χ2v) is 6.38. The molecule has 2 heterocycles. The maximum Gasteiger partial charge on any atom is 0.0624 e. The van der Waals surface area contributed by atoms with Crippen LogP contribution in [0.3, 0.4) is 0 Å². The van der Waals surface area contributed by atoms with Crippen molar-refractivity contribution in [3.05, 3.63) is 39.3 Å². The van der Waals surface area contributed by atoms with E-state index in [4.69, 9.17) is 0 Å². The molecule has 20 heavy (non-hydrogen) atoms. The minimum Gasteiger partial charge on any atom is -0.309 e. The van der Waals surface area contributed by atoms with Crippen molar-refractivity contribution in [2.24, 2.45) is 0 Å². The first-order valence-corrected chi connectivity index (χ1v) is 8.34. The Morgan fingerprint density at radius 2 is 2.10 bits per heavy atom. The highest BCUT2D eigenvalue weighted by Gasteiger charge is 2.16. The van der Waals surface area contributed by atoms with E-state index in [1.807, 2.05) is 11.3 Å². The van der Waals surface area contributed by atoms with Crippen LogP contribution in [0, 0.1) is 6.92 Å². The van der Waals surface area contributed by atoms with Gasteiger partial charge in [0.15, 0.2) is 0 Å². The van der Waals surface area contributed by atoms with Gasteiger partial charge in [0.1, 0.15) is 0 Å². The van der Waals surface area contributed by atoms with Crippen LogP contribution in [0.4, 0.5) is 0 Å². The zero-order valence-electron chi connectivity index (χ0n) is 12.9. The van der Waals surface area contributed by atoms with Gasteiger partial charge in [-0.3, -0.25) is 4.68 Å². The summed E-state index contributed by atoms with van der Waals surface area (Å²) in [6.07, 6.45) is 2.01. The van der Waals surface area contributed by atoms with Gasteiger partial charge in [0.05, 0.1) is 5.69 Å². The summed E-state index contributed by atoms with van der Waals surface area (Å²) < 4.78 is 2.14. The molecule has 0 fully saturated rings. The highest BCUT2D eigenvalue weighted by Crippen LogP contribution is 2.26. The lowest BCUT2D eigenvalue weighted by Crippen LogP contribution is -2.23. The first-order chi connectivity index (χ1) is 9.67. The first-order valence-electron chi connectivity index (χ1n) is 7.53. The predicted molar refractivity (Wildman–Crippen MR) is 86.5 cm³/mol. The standard InChI is InChI=1S/C16H25N3S/c1-5-13-10-14(19(7-3)18-13)11-15(17-6-2)16-9-8-12(4)20-16/h8-10,15,17H,5-7,11H2,1-4H3. The SMILES string of the molecule is CCNC(Cc1cc(CC)nn1CC)c1ccc(C)s1. The van der Waals surface area contributed by atoms with Crippen LogP contribution >= 0.6 is 11.3 Å². The minimum absolute atomic E-state index is 0.394. The number of likely N-dealkylation sites (N-methyl/N-ethyl adjacent to an activating group) is 1. The Bertz CT molecular complexity index is 542. The summed E-state index contributed by atoms with van der Waals surface area (Å²) in [5.74, 6) is 0. The molecule has 4 heteroatoms. The molecule has 0 aliphatic heterocycles. The van der Waals surface area contributed by atoms with Crippen LogP contribution < -0.4 is 5.32 Å². The van der Waals surface area contributed by atoms with Crippen LogP contribution in [0.1, 0.15) is 48.0 Å². The van der Waals surface area contributed by atoms with E-state index in [-0.39, 0.29) is 0 Å². The molecule has 0 bridgehead atoms. The van der Waals surface area contributed by atoms with Gasteiger partial charge in [0.2, 0.25) is 0 Å². The molecule has 0 amide bonds. The van der Waals surface area contributed by atoms with Gasteiger partial charge < -0.3 is 5.32 Å². The van der Waals surface area contributed by atoms with E-state index in [1.165, 1.54) is 21.1 Å². The topological polar surface area (TPSA) is 29.9 Å². The molecule has 1 unspecified atom stereocenters. The molecule has 0 spiro atoms. The quantitative estimate of drug-likeness (QED) is 0.842. The highest BCUT2D eigenvalue weighted by molar-refractivity contribution is 7.12. The molecule has 3 nitrogen and oxygen atoms in total. The lowest BCUT2D eigenvalue weighted by atomic mass is 10.1. The fourth-order valence-electron chi connectivity index (χ4n) is 2.50. The molecule has 0 aromatic carbocycles. The fourth-order valence-corrected chi connectivity index (χ4v) is 3.45. The van der Waals surface area contributed by atoms with Crippen LogP contribution in [0.5, 0.6) is 0 Å². The van der Waals surface area contributed by atoms with Crippen molar-refractivity contribution in [3.8, 4) is 0 Å². The number of aromatic nitrogens is 2. The molecule has 0 saturated carbocycles. The van der Waals surface area contributed by atoms with Gasteiger partial charge in [-0.25, -0.2) is 0 Å². The van der Waals surface area contributed by atoms with Crippen LogP contribution in [-0.2, 0) is 19.4 Å². The van der Waals surface area contributed by atoms with Crippen LogP contribution in [0.15, 0.2) is 18.2 Å². The second-order valence-electron chi connectivity index (χ2n) is 5.06. The molecule has 0 radical (unpaired) electrons. The number of rotatable bonds is 7. The van der Waals surface area contributed by atoms with Crippen molar-refractivity contribution in [1.29, 1.82) is 0 Å². The van der Waals surface area contributed by atoms with Crippen molar-refractivity contribution in [2.75, 3.05) is 6.54 Å². The molecule has 0 aliphatic carbocycles. The molecule has 110 valence electrons. The normalized spacial score (nSPS) is 12.8. The first kappa shape index (κ1) is 15.3. The largest absolute Gasteiger partial charge is 0.309 e. The molecule has 2 aromatic rings. The monoisotopic (exact) mass is 291 g/mol. The maximum atomic E-state index is 4.65. The van der Waals surface area contributed by atoms with E-state index in [0.29, 0.717) is 6.04 Å². The van der Waals surface area contributed by atoms with Crippen LogP contribution in [0.25, 0.3) is 0 Å². The Balaban J connectivity index is 2.21. The predicted octanol–water partition coefficient (Wildman–Crippen LogP) is 3.73. The second kappa shape index (κ2) is 7.04. The highest BCUT2D eigenvalue weighted by atomic mass is 32.1. The molecular weight excluding hydrogens is 266 g/mol. The van der Waals surface area contributed by atoms with E-state index >= 15 is 0 Å². The molecule has 2 rings (SSSR count). The fraction of sp³-hybridized carbons (Fsp3) is 0.562. The van der Waals surface area contributed by atoms with Crippen molar-refractivity contribution in [1.82, 2.24) is 15.1 Å². The number of nitrogens with zero attached hydrogens (tertiary/aromatic N) is 2. The summed E-state index contributed by atoms with van der Waals surface area (Å²) in [5, 5.41) is 8.26. The maximum absolute atomic E-state index is 4.65. The third kappa shape index (κ3) is 3.49. The molecule has 2 aromatic heterocycles. The third-order valence-electron chi connectivity index (χ3n) is 3.54. The Hall–Kier alpha value is -1.13. The number of thiophene rings is 1. The Morgan fingerprint density at radius 3 is 2.65 bits per heavy atom. The van der Waals surface area contributed by atoms with E-state index in [2.05, 4.69) is 61.0 Å². The average molecular weight is 291 g/mol. The number of aryl methyl sites for hydroxylation is 3. The number of hydrogen-bond donors (Lipinski definition) is 1.